The van der Waals surface area contributed by atoms with Crippen LogP contribution in [0, 0.1) is 0 Å². The topological polar surface area (TPSA) is 60.7 Å². The summed E-state index contributed by atoms with van der Waals surface area (Å²) in [4.78, 5) is 9.24. The Bertz CT molecular complexity index is 791. The van der Waals surface area contributed by atoms with E-state index in [1.54, 1.807) is 0 Å². The molecule has 2 N–H and O–H groups in total. The van der Waals surface area contributed by atoms with Gasteiger partial charge in [-0.2, -0.15) is 5.10 Å². The SMILES string of the molecule is CN=C(NCC(c1cnn(C)c1)N(C)C)NC1CCN(C(C)c2ccccc2)CC1. The molecule has 1 aromatic heterocycles. The van der Waals surface area contributed by atoms with Crippen LogP contribution >= 0.6 is 0 Å². The fraction of sp³-hybridized carbons (Fsp3) is 0.565. The molecule has 2 unspecified atom stereocenters. The lowest BCUT2D eigenvalue weighted by atomic mass is 10.0. The van der Waals surface area contributed by atoms with Crippen LogP contribution < -0.4 is 10.6 Å². The molecular weight excluding hydrogens is 374 g/mol. The lowest BCUT2D eigenvalue weighted by Crippen LogP contribution is -2.50. The quantitative estimate of drug-likeness (QED) is 0.541. The van der Waals surface area contributed by atoms with E-state index in [1.807, 2.05) is 25.0 Å². The van der Waals surface area contributed by atoms with Crippen LogP contribution in [-0.2, 0) is 7.05 Å². The van der Waals surface area contributed by atoms with Gasteiger partial charge in [0.2, 0.25) is 0 Å². The maximum absolute atomic E-state index is 4.46. The van der Waals surface area contributed by atoms with Gasteiger partial charge in [0.15, 0.2) is 5.96 Å². The molecule has 1 aliphatic heterocycles. The molecule has 0 spiro atoms. The van der Waals surface area contributed by atoms with Crippen molar-refractivity contribution < 1.29 is 0 Å². The molecule has 1 aromatic carbocycles. The van der Waals surface area contributed by atoms with Gasteiger partial charge in [0.25, 0.3) is 0 Å². The first-order chi connectivity index (χ1) is 14.5. The number of nitrogens with one attached hydrogen (secondary N) is 2. The Hall–Kier alpha value is -2.38. The predicted molar refractivity (Wildman–Crippen MR) is 124 cm³/mol. The number of piperidine rings is 1. The third-order valence-electron chi connectivity index (χ3n) is 6.12. The molecule has 0 amide bonds. The van der Waals surface area contributed by atoms with Crippen LogP contribution in [0.4, 0.5) is 0 Å². The van der Waals surface area contributed by atoms with Gasteiger partial charge in [0.05, 0.1) is 12.2 Å². The van der Waals surface area contributed by atoms with Crippen molar-refractivity contribution in [2.45, 2.75) is 37.9 Å². The predicted octanol–water partition coefficient (Wildman–Crippen LogP) is 2.41. The van der Waals surface area contributed by atoms with Crippen LogP contribution in [0.3, 0.4) is 0 Å². The fourth-order valence-electron chi connectivity index (χ4n) is 4.17. The Morgan fingerprint density at radius 1 is 1.20 bits per heavy atom. The number of guanidine groups is 1. The summed E-state index contributed by atoms with van der Waals surface area (Å²) >= 11 is 0. The Morgan fingerprint density at radius 2 is 1.90 bits per heavy atom. The van der Waals surface area contributed by atoms with Crippen LogP contribution in [0.1, 0.15) is 43.0 Å². The number of likely N-dealkylation sites (tertiary alicyclic amines) is 1. The minimum Gasteiger partial charge on any atom is -0.354 e. The molecule has 0 bridgehead atoms. The normalized spacial score (nSPS) is 18.4. The average Bonchev–Trinajstić information content (AvgIpc) is 3.19. The zero-order valence-electron chi connectivity index (χ0n) is 19.0. The Balaban J connectivity index is 1.48. The van der Waals surface area contributed by atoms with E-state index in [4.69, 9.17) is 0 Å². The second-order valence-electron chi connectivity index (χ2n) is 8.42. The van der Waals surface area contributed by atoms with E-state index in [1.165, 1.54) is 11.1 Å². The van der Waals surface area contributed by atoms with E-state index in [-0.39, 0.29) is 6.04 Å². The number of nitrogens with zero attached hydrogens (tertiary/aromatic N) is 5. The molecule has 0 radical (unpaired) electrons. The number of aromatic nitrogens is 2. The van der Waals surface area contributed by atoms with Crippen LogP contribution in [0.2, 0.25) is 0 Å². The number of rotatable bonds is 7. The molecule has 2 aromatic rings. The first kappa shape index (κ1) is 22.3. The molecule has 2 heterocycles. The third kappa shape index (κ3) is 5.83. The first-order valence-corrected chi connectivity index (χ1v) is 10.9. The van der Waals surface area contributed by atoms with Gasteiger partial charge in [-0.15, -0.1) is 0 Å². The largest absolute Gasteiger partial charge is 0.354 e. The van der Waals surface area contributed by atoms with Crippen molar-refractivity contribution in [3.05, 3.63) is 53.9 Å². The van der Waals surface area contributed by atoms with Gasteiger partial charge >= 0.3 is 0 Å². The highest BCUT2D eigenvalue weighted by atomic mass is 15.3. The van der Waals surface area contributed by atoms with Gasteiger partial charge in [-0.05, 0) is 39.4 Å². The van der Waals surface area contributed by atoms with E-state index in [2.05, 4.69) is 88.1 Å². The van der Waals surface area contributed by atoms with Crippen LogP contribution in [0.25, 0.3) is 0 Å². The lowest BCUT2D eigenvalue weighted by molar-refractivity contribution is 0.158. The molecule has 1 aliphatic rings. The summed E-state index contributed by atoms with van der Waals surface area (Å²) in [5.41, 5.74) is 2.60. The maximum atomic E-state index is 4.46. The Kier molecular flexibility index (Phi) is 7.87. The lowest BCUT2D eigenvalue weighted by Gasteiger charge is -2.37. The van der Waals surface area contributed by atoms with Crippen LogP contribution in [-0.4, -0.2) is 72.4 Å². The molecule has 1 fully saturated rings. The number of hydrogen-bond donors (Lipinski definition) is 2. The van der Waals surface area contributed by atoms with E-state index in [0.29, 0.717) is 12.1 Å². The van der Waals surface area contributed by atoms with Crippen molar-refractivity contribution in [2.75, 3.05) is 40.8 Å². The Labute approximate surface area is 181 Å². The summed E-state index contributed by atoms with van der Waals surface area (Å²) in [6, 6.07) is 11.9. The second kappa shape index (κ2) is 10.6. The molecule has 0 aliphatic carbocycles. The Morgan fingerprint density at radius 3 is 2.47 bits per heavy atom. The van der Waals surface area contributed by atoms with Crippen LogP contribution in [0.15, 0.2) is 47.7 Å². The van der Waals surface area contributed by atoms with Crippen molar-refractivity contribution in [1.82, 2.24) is 30.2 Å². The van der Waals surface area contributed by atoms with Gasteiger partial charge in [-0.1, -0.05) is 30.3 Å². The van der Waals surface area contributed by atoms with Crippen molar-refractivity contribution in [3.63, 3.8) is 0 Å². The smallest absolute Gasteiger partial charge is 0.191 e. The summed E-state index contributed by atoms with van der Waals surface area (Å²) in [7, 11) is 7.99. The minimum atomic E-state index is 0.241. The van der Waals surface area contributed by atoms with E-state index in [9.17, 15) is 0 Å². The molecular formula is C23H37N7. The minimum absolute atomic E-state index is 0.241. The van der Waals surface area contributed by atoms with E-state index < -0.39 is 0 Å². The van der Waals surface area contributed by atoms with E-state index >= 15 is 0 Å². The summed E-state index contributed by atoms with van der Waals surface area (Å²) in [5, 5.41) is 11.5. The standard InChI is InChI=1S/C23H37N7/c1-18(19-9-7-6-8-10-19)30-13-11-21(12-14-30)27-23(24-2)25-16-22(28(3)4)20-15-26-29(5)17-20/h6-10,15,17-18,21-22H,11-14,16H2,1-5H3,(H2,24,25,27). The zero-order chi connectivity index (χ0) is 21.5. The van der Waals surface area contributed by atoms with Gasteiger partial charge in [-0.25, -0.2) is 0 Å². The van der Waals surface area contributed by atoms with Crippen molar-refractivity contribution in [2.24, 2.45) is 12.0 Å². The average molecular weight is 412 g/mol. The summed E-state index contributed by atoms with van der Waals surface area (Å²) in [6.07, 6.45) is 6.26. The van der Waals surface area contributed by atoms with Crippen molar-refractivity contribution in [1.29, 1.82) is 0 Å². The zero-order valence-corrected chi connectivity index (χ0v) is 19.0. The molecule has 3 rings (SSSR count). The number of aryl methyl sites for hydroxylation is 1. The maximum Gasteiger partial charge on any atom is 0.191 e. The third-order valence-corrected chi connectivity index (χ3v) is 6.12. The summed E-state index contributed by atoms with van der Waals surface area (Å²) < 4.78 is 1.85. The summed E-state index contributed by atoms with van der Waals surface area (Å²) in [5.74, 6) is 0.875. The highest BCUT2D eigenvalue weighted by Gasteiger charge is 2.24. The van der Waals surface area contributed by atoms with Gasteiger partial charge in [-0.3, -0.25) is 14.6 Å². The molecule has 2 atom stereocenters. The summed E-state index contributed by atoms with van der Waals surface area (Å²) in [6.45, 7) is 5.28. The molecule has 1 saturated heterocycles. The number of likely N-dealkylation sites (N-methyl/N-ethyl adjacent to an activating group) is 1. The van der Waals surface area contributed by atoms with Crippen molar-refractivity contribution >= 4 is 5.96 Å². The molecule has 0 saturated carbocycles. The fourth-order valence-corrected chi connectivity index (χ4v) is 4.17. The molecule has 7 heteroatoms. The first-order valence-electron chi connectivity index (χ1n) is 10.9. The highest BCUT2D eigenvalue weighted by Crippen LogP contribution is 2.24. The van der Waals surface area contributed by atoms with Gasteiger partial charge in [0, 0.05) is 57.6 Å². The molecule has 7 nitrogen and oxygen atoms in total. The van der Waals surface area contributed by atoms with E-state index in [0.717, 1.165) is 38.4 Å². The highest BCUT2D eigenvalue weighted by molar-refractivity contribution is 5.80. The number of aliphatic imine (C=N–C) groups is 1. The van der Waals surface area contributed by atoms with Gasteiger partial charge < -0.3 is 15.5 Å². The molecule has 30 heavy (non-hydrogen) atoms. The molecule has 164 valence electrons. The second-order valence-corrected chi connectivity index (χ2v) is 8.42. The monoisotopic (exact) mass is 411 g/mol. The number of hydrogen-bond acceptors (Lipinski definition) is 4. The number of benzene rings is 1. The van der Waals surface area contributed by atoms with Crippen molar-refractivity contribution in [3.8, 4) is 0 Å². The van der Waals surface area contributed by atoms with Gasteiger partial charge in [0.1, 0.15) is 0 Å². The van der Waals surface area contributed by atoms with Crippen LogP contribution in [0.5, 0.6) is 0 Å².